The number of aryl methyl sites for hydroxylation is 1. The molecular weight excluding hydrogens is 316 g/mol. The number of benzene rings is 1. The van der Waals surface area contributed by atoms with Gasteiger partial charge in [0.25, 0.3) is 11.8 Å². The second-order valence-electron chi connectivity index (χ2n) is 4.38. The third-order valence-electron chi connectivity index (χ3n) is 2.85. The SMILES string of the molecule is Cc1ccc(COc2nsc(C(N)=O)c2C(N)=O)c(F)c1F. The summed E-state index contributed by atoms with van der Waals surface area (Å²) in [5.41, 5.74) is 10.1. The van der Waals surface area contributed by atoms with Crippen LogP contribution in [-0.2, 0) is 6.61 Å². The molecule has 0 aliphatic rings. The Morgan fingerprint density at radius 2 is 1.91 bits per heavy atom. The molecule has 0 aliphatic carbocycles. The van der Waals surface area contributed by atoms with E-state index in [4.69, 9.17) is 16.2 Å². The molecule has 2 aromatic rings. The molecular formula is C13H11F2N3O3S. The highest BCUT2D eigenvalue weighted by Gasteiger charge is 2.24. The van der Waals surface area contributed by atoms with Crippen LogP contribution in [0.1, 0.15) is 31.2 Å². The molecule has 0 spiro atoms. The summed E-state index contributed by atoms with van der Waals surface area (Å²) in [7, 11) is 0. The second-order valence-corrected chi connectivity index (χ2v) is 5.15. The minimum Gasteiger partial charge on any atom is -0.471 e. The van der Waals surface area contributed by atoms with Gasteiger partial charge in [0.1, 0.15) is 17.0 Å². The maximum atomic E-state index is 13.7. The minimum absolute atomic E-state index is 0.0628. The zero-order chi connectivity index (χ0) is 16.4. The molecule has 22 heavy (non-hydrogen) atoms. The van der Waals surface area contributed by atoms with Gasteiger partial charge in [-0.25, -0.2) is 8.78 Å². The average Bonchev–Trinajstić information content (AvgIpc) is 2.88. The van der Waals surface area contributed by atoms with Crippen molar-refractivity contribution in [2.45, 2.75) is 13.5 Å². The summed E-state index contributed by atoms with van der Waals surface area (Å²) >= 11 is 0.639. The zero-order valence-electron chi connectivity index (χ0n) is 11.4. The number of primary amides is 2. The van der Waals surface area contributed by atoms with Gasteiger partial charge in [-0.1, -0.05) is 12.1 Å². The van der Waals surface area contributed by atoms with Gasteiger partial charge in [-0.15, -0.1) is 0 Å². The van der Waals surface area contributed by atoms with Gasteiger partial charge < -0.3 is 16.2 Å². The molecule has 1 aromatic heterocycles. The number of aromatic nitrogens is 1. The number of hydrogen-bond donors (Lipinski definition) is 2. The Balaban J connectivity index is 2.28. The van der Waals surface area contributed by atoms with E-state index in [1.807, 2.05) is 0 Å². The molecule has 116 valence electrons. The van der Waals surface area contributed by atoms with Crippen LogP contribution in [0.2, 0.25) is 0 Å². The van der Waals surface area contributed by atoms with Crippen LogP contribution < -0.4 is 16.2 Å². The van der Waals surface area contributed by atoms with E-state index in [9.17, 15) is 18.4 Å². The Morgan fingerprint density at radius 1 is 1.23 bits per heavy atom. The van der Waals surface area contributed by atoms with Gasteiger partial charge in [-0.3, -0.25) is 9.59 Å². The van der Waals surface area contributed by atoms with Crippen LogP contribution in [-0.4, -0.2) is 16.2 Å². The first-order valence-corrected chi connectivity index (χ1v) is 6.75. The quantitative estimate of drug-likeness (QED) is 0.867. The molecule has 9 heteroatoms. The van der Waals surface area contributed by atoms with Crippen molar-refractivity contribution in [2.24, 2.45) is 11.5 Å². The van der Waals surface area contributed by atoms with E-state index in [2.05, 4.69) is 4.37 Å². The van der Waals surface area contributed by atoms with Gasteiger partial charge in [0.15, 0.2) is 11.6 Å². The van der Waals surface area contributed by atoms with E-state index in [0.29, 0.717) is 11.5 Å². The zero-order valence-corrected chi connectivity index (χ0v) is 12.2. The Labute approximate surface area is 127 Å². The summed E-state index contributed by atoms with van der Waals surface area (Å²) in [6.45, 7) is 1.04. The van der Waals surface area contributed by atoms with Crippen molar-refractivity contribution in [3.05, 3.63) is 45.3 Å². The highest BCUT2D eigenvalue weighted by Crippen LogP contribution is 2.26. The van der Waals surface area contributed by atoms with E-state index in [1.54, 1.807) is 0 Å². The highest BCUT2D eigenvalue weighted by molar-refractivity contribution is 7.08. The number of amides is 2. The monoisotopic (exact) mass is 327 g/mol. The van der Waals surface area contributed by atoms with Gasteiger partial charge in [-0.2, -0.15) is 4.37 Å². The number of ether oxygens (including phenoxy) is 1. The van der Waals surface area contributed by atoms with Crippen molar-refractivity contribution in [1.29, 1.82) is 0 Å². The van der Waals surface area contributed by atoms with Crippen molar-refractivity contribution in [3.63, 3.8) is 0 Å². The fourth-order valence-corrected chi connectivity index (χ4v) is 2.39. The number of nitrogens with two attached hydrogens (primary N) is 2. The molecule has 0 aliphatic heterocycles. The first kappa shape index (κ1) is 15.8. The van der Waals surface area contributed by atoms with Gasteiger partial charge in [-0.05, 0) is 24.0 Å². The number of hydrogen-bond acceptors (Lipinski definition) is 5. The Hall–Kier alpha value is -2.55. The Bertz CT molecular complexity index is 761. The number of rotatable bonds is 5. The van der Waals surface area contributed by atoms with Crippen LogP contribution in [0.25, 0.3) is 0 Å². The van der Waals surface area contributed by atoms with Crippen LogP contribution >= 0.6 is 11.5 Å². The van der Waals surface area contributed by atoms with E-state index >= 15 is 0 Å². The molecule has 0 radical (unpaired) electrons. The highest BCUT2D eigenvalue weighted by atomic mass is 32.1. The first-order valence-electron chi connectivity index (χ1n) is 5.98. The topological polar surface area (TPSA) is 108 Å². The average molecular weight is 327 g/mol. The predicted octanol–water partition coefficient (Wildman–Crippen LogP) is 1.51. The first-order chi connectivity index (χ1) is 10.3. The molecule has 1 heterocycles. The van der Waals surface area contributed by atoms with Crippen molar-refractivity contribution in [1.82, 2.24) is 4.37 Å². The summed E-state index contributed by atoms with van der Waals surface area (Å²) < 4.78 is 36.1. The predicted molar refractivity (Wildman–Crippen MR) is 74.6 cm³/mol. The molecule has 2 rings (SSSR count). The lowest BCUT2D eigenvalue weighted by Gasteiger charge is -2.07. The summed E-state index contributed by atoms with van der Waals surface area (Å²) in [6, 6.07) is 2.74. The summed E-state index contributed by atoms with van der Waals surface area (Å²) in [5, 5.41) is 0. The van der Waals surface area contributed by atoms with Gasteiger partial charge >= 0.3 is 0 Å². The smallest absolute Gasteiger partial charge is 0.261 e. The normalized spacial score (nSPS) is 10.5. The lowest BCUT2D eigenvalue weighted by atomic mass is 10.1. The van der Waals surface area contributed by atoms with Crippen LogP contribution in [0.4, 0.5) is 8.78 Å². The Morgan fingerprint density at radius 3 is 2.50 bits per heavy atom. The van der Waals surface area contributed by atoms with E-state index in [-0.39, 0.29) is 34.1 Å². The molecule has 0 unspecified atom stereocenters. The molecule has 0 fully saturated rings. The number of carbonyl (C=O) groups is 2. The maximum absolute atomic E-state index is 13.7. The lowest BCUT2D eigenvalue weighted by Crippen LogP contribution is -2.19. The minimum atomic E-state index is -1.05. The van der Waals surface area contributed by atoms with Crippen LogP contribution in [0, 0.1) is 18.6 Å². The third kappa shape index (κ3) is 2.89. The van der Waals surface area contributed by atoms with Crippen molar-refractivity contribution < 1.29 is 23.1 Å². The van der Waals surface area contributed by atoms with Crippen molar-refractivity contribution in [3.8, 4) is 5.88 Å². The van der Waals surface area contributed by atoms with Crippen LogP contribution in [0.15, 0.2) is 12.1 Å². The summed E-state index contributed by atoms with van der Waals surface area (Å²) in [6.07, 6.45) is 0. The van der Waals surface area contributed by atoms with E-state index in [0.717, 1.165) is 0 Å². The second kappa shape index (κ2) is 6.06. The van der Waals surface area contributed by atoms with Gasteiger partial charge in [0, 0.05) is 5.56 Å². The summed E-state index contributed by atoms with van der Waals surface area (Å²) in [5.74, 6) is -4.10. The molecule has 6 nitrogen and oxygen atoms in total. The standard InChI is InChI=1S/C13H11F2N3O3S/c1-5-2-3-6(9(15)8(5)14)4-21-13-7(11(16)19)10(12(17)20)22-18-13/h2-3H,4H2,1H3,(H2,16,19)(H2,17,20). The lowest BCUT2D eigenvalue weighted by molar-refractivity contribution is 0.0966. The number of carbonyl (C=O) groups excluding carboxylic acids is 2. The Kier molecular flexibility index (Phi) is 4.36. The molecule has 0 saturated carbocycles. The maximum Gasteiger partial charge on any atom is 0.261 e. The summed E-state index contributed by atoms with van der Waals surface area (Å²) in [4.78, 5) is 22.4. The van der Waals surface area contributed by atoms with Crippen LogP contribution in [0.3, 0.4) is 0 Å². The van der Waals surface area contributed by atoms with Crippen molar-refractivity contribution >= 4 is 23.3 Å². The fourth-order valence-electron chi connectivity index (χ4n) is 1.70. The molecule has 4 N–H and O–H groups in total. The van der Waals surface area contributed by atoms with E-state index in [1.165, 1.54) is 19.1 Å². The number of nitrogens with zero attached hydrogens (tertiary/aromatic N) is 1. The molecule has 0 saturated heterocycles. The fraction of sp³-hybridized carbons (Fsp3) is 0.154. The molecule has 1 aromatic carbocycles. The molecule has 2 amide bonds. The van der Waals surface area contributed by atoms with Crippen molar-refractivity contribution in [2.75, 3.05) is 0 Å². The van der Waals surface area contributed by atoms with Crippen LogP contribution in [0.5, 0.6) is 5.88 Å². The van der Waals surface area contributed by atoms with Gasteiger partial charge in [0.2, 0.25) is 5.88 Å². The largest absolute Gasteiger partial charge is 0.471 e. The van der Waals surface area contributed by atoms with Gasteiger partial charge in [0.05, 0.1) is 0 Å². The van der Waals surface area contributed by atoms with E-state index < -0.39 is 23.4 Å². The molecule has 0 atom stereocenters. The third-order valence-corrected chi connectivity index (χ3v) is 3.70. The number of halogens is 2. The molecule has 0 bridgehead atoms.